The van der Waals surface area contributed by atoms with E-state index in [0.717, 1.165) is 183 Å². The van der Waals surface area contributed by atoms with E-state index in [1.54, 1.807) is 0 Å². The minimum absolute atomic E-state index is 0. The van der Waals surface area contributed by atoms with Crippen molar-refractivity contribution in [3.63, 3.8) is 0 Å². The van der Waals surface area contributed by atoms with Crippen LogP contribution in [0.25, 0.3) is 0 Å². The molecule has 8 aromatic heterocycles. The number of aryl methyl sites for hydroxylation is 8. The van der Waals surface area contributed by atoms with Crippen molar-refractivity contribution >= 4 is 0 Å². The predicted molar refractivity (Wildman–Crippen MR) is 502 cm³/mol. The van der Waals surface area contributed by atoms with Crippen molar-refractivity contribution in [1.82, 2.24) is 39.9 Å². The maximum Gasteiger partial charge on any atom is 0.0768 e. The molecule has 0 amide bonds. The predicted octanol–water partition coefficient (Wildman–Crippen LogP) is 18.5. The SMILES string of the molecule is Cc1ccc([C+]2c3ccc([n-]3)[C+](c3ccc(C)cc3)c3ccc([n-]3)[C+](c3ccc(C)cc3)c3ccc([n-]3)[C+](c3ccc(C)cc3)c3ccc2[n-]3)cc1.Cc1ccc([C+]2c3ccc([n-]3)[C+](c3ccc(C)cc3)c3ccc([n-]3)[C+](c3ccc(C)cc3)c3ccc([n-]3)[C+](c3ccc(C)cc3)c3ccc2[n-]3)cc1.O.[O-][OH2+].[O-][OH2+].[Zr].[Zr].c1ccccc1.c1ccccc1.c1ccccc1. The molecule has 15 heteroatoms. The van der Waals surface area contributed by atoms with Crippen LogP contribution in [0.1, 0.15) is 180 Å². The summed E-state index contributed by atoms with van der Waals surface area (Å²) in [5.74, 6) is 7.88. The van der Waals surface area contributed by atoms with Crippen molar-refractivity contribution in [2.24, 2.45) is 0 Å². The Hall–Kier alpha value is -13.8. The molecule has 0 aliphatic carbocycles. The van der Waals surface area contributed by atoms with E-state index in [4.69, 9.17) is 50.4 Å². The number of aromatic nitrogens is 8. The Labute approximate surface area is 795 Å². The first kappa shape index (κ1) is 94.3. The van der Waals surface area contributed by atoms with Crippen LogP contribution in [0.2, 0.25) is 0 Å². The second-order valence-electron chi connectivity index (χ2n) is 31.1. The first-order valence-corrected chi connectivity index (χ1v) is 41.8. The maximum atomic E-state index is 7.50. The standard InChI is InChI=1S/2C48H36N4.3C6H6.2H2O2.H2O.2Zr/c2*1-29-5-13-33(14-6-29)45-37-21-23-39(49-37)46(34-15-7-30(2)8-16-34)41-25-27-43(51-41)48(36-19-11-32(4)12-20-36)44-28-26-42(52-44)47(40-24-22-38(45)50-40)35-17-9-31(3)10-18-35;3*1-2-4-6-5-3-1;2*1-2;;;/h2*5-28H,1-4H3;3*1-6H;2*1H2;1H2;;. The molecule has 0 radical (unpaired) electrons. The first-order valence-electron chi connectivity index (χ1n) is 41.8. The number of benzene rings is 11. The van der Waals surface area contributed by atoms with Gasteiger partial charge in [-0.25, -0.2) is 0 Å². The van der Waals surface area contributed by atoms with Gasteiger partial charge in [0.2, 0.25) is 0 Å². The van der Waals surface area contributed by atoms with Gasteiger partial charge in [-0.2, -0.15) is 0 Å². The molecule has 0 saturated carbocycles. The summed E-state index contributed by atoms with van der Waals surface area (Å²) in [4.78, 5) is 43.0. The fourth-order valence-corrected chi connectivity index (χ4v) is 15.5. The Morgan fingerprint density at radius 1 is 0.140 bits per heavy atom. The summed E-state index contributed by atoms with van der Waals surface area (Å²) in [6, 6.07) is 139. The zero-order chi connectivity index (χ0) is 87.4. The summed E-state index contributed by atoms with van der Waals surface area (Å²) >= 11 is 0. The third kappa shape index (κ3) is 22.6. The van der Waals surface area contributed by atoms with E-state index < -0.39 is 0 Å². The average Bonchev–Trinajstić information content (AvgIpc) is 1.67. The van der Waals surface area contributed by atoms with E-state index in [-0.39, 0.29) is 57.9 Å². The van der Waals surface area contributed by atoms with Crippen molar-refractivity contribution in [2.75, 3.05) is 0 Å². The van der Waals surface area contributed by atoms with Gasteiger partial charge < -0.3 is 66.4 Å². The van der Waals surface area contributed by atoms with Crippen LogP contribution in [0.3, 0.4) is 0 Å². The Balaban J connectivity index is 0.000000185. The molecule has 11 aromatic carbocycles. The molecule has 0 saturated heterocycles. The fraction of sp³-hybridized carbons (Fsp3) is 0.0702. The van der Waals surface area contributed by atoms with Crippen molar-refractivity contribution in [2.45, 2.75) is 55.4 Å². The van der Waals surface area contributed by atoms with Crippen molar-refractivity contribution in [3.05, 3.63) is 628 Å². The van der Waals surface area contributed by atoms with Crippen LogP contribution in [-0.2, 0) is 52.4 Å². The summed E-state index contributed by atoms with van der Waals surface area (Å²) in [6.07, 6.45) is 0. The van der Waals surface area contributed by atoms with Gasteiger partial charge in [-0.05, 0) is 288 Å². The molecular weight excluding hydrogens is 1740 g/mol. The zero-order valence-electron chi connectivity index (χ0n) is 73.0. The normalized spacial score (nSPS) is 11.6. The van der Waals surface area contributed by atoms with Gasteiger partial charge >= 0.3 is 0 Å². The monoisotopic (exact) mass is 1840 g/mol. The topological polar surface area (TPSA) is 236 Å². The summed E-state index contributed by atoms with van der Waals surface area (Å²) < 4.78 is 0. The van der Waals surface area contributed by atoms with Crippen LogP contribution in [0, 0.1) is 103 Å². The molecule has 2 aliphatic rings. The number of hydrogen-bond acceptors (Lipinski definition) is 2. The first-order chi connectivity index (χ1) is 61.7. The van der Waals surface area contributed by atoms with Crippen LogP contribution in [0.5, 0.6) is 0 Å². The van der Waals surface area contributed by atoms with Crippen LogP contribution in [0.15, 0.2) is 400 Å². The van der Waals surface area contributed by atoms with E-state index in [9.17, 15) is 0 Å². The van der Waals surface area contributed by atoms with Crippen LogP contribution >= 0.6 is 0 Å². The average molecular weight is 1840 g/mol. The molecule has 19 aromatic rings. The van der Waals surface area contributed by atoms with Crippen molar-refractivity contribution in [1.29, 1.82) is 0 Å². The number of rotatable bonds is 8. The Morgan fingerprint density at radius 3 is 0.279 bits per heavy atom. The third-order valence-electron chi connectivity index (χ3n) is 21.9. The van der Waals surface area contributed by atoms with E-state index in [0.29, 0.717) is 0 Å². The quantitative estimate of drug-likeness (QED) is 0.0603. The van der Waals surface area contributed by atoms with Crippen LogP contribution < -0.4 is 50.4 Å². The molecular formula is C114H96N8O5Zr2. The minimum Gasteiger partial charge on any atom is -0.628 e. The van der Waals surface area contributed by atoms with Crippen LogP contribution in [0.4, 0.5) is 0 Å². The van der Waals surface area contributed by atoms with Gasteiger partial charge in [0.1, 0.15) is 0 Å². The van der Waals surface area contributed by atoms with Gasteiger partial charge in [0.15, 0.2) is 0 Å². The molecule has 0 spiro atoms. The molecule has 10 heterocycles. The van der Waals surface area contributed by atoms with E-state index in [1.165, 1.54) is 44.5 Å². The van der Waals surface area contributed by atoms with E-state index in [2.05, 4.69) is 357 Å². The number of nitrogens with zero attached hydrogens (tertiary/aromatic N) is 8. The van der Waals surface area contributed by atoms with Gasteiger partial charge in [-0.3, -0.25) is 0 Å². The number of fused-ring (bicyclic) bond motifs is 16. The zero-order valence-corrected chi connectivity index (χ0v) is 77.9. The summed E-state index contributed by atoms with van der Waals surface area (Å²) in [5.41, 5.74) is 32.0. The molecule has 2 aliphatic heterocycles. The minimum atomic E-state index is 0. The second-order valence-corrected chi connectivity index (χ2v) is 31.1. The fourth-order valence-electron chi connectivity index (χ4n) is 15.5. The van der Waals surface area contributed by atoms with E-state index >= 15 is 0 Å². The molecule has 0 fully saturated rings. The van der Waals surface area contributed by atoms with Crippen LogP contribution in [-0.4, -0.2) is 16.0 Å². The van der Waals surface area contributed by atoms with Gasteiger partial charge in [-0.15, -0.1) is 0 Å². The van der Waals surface area contributed by atoms with Crippen molar-refractivity contribution in [3.8, 4) is 0 Å². The molecule has 129 heavy (non-hydrogen) atoms. The Kier molecular flexibility index (Phi) is 32.9. The molecule has 630 valence electrons. The maximum absolute atomic E-state index is 7.50. The van der Waals surface area contributed by atoms with Gasteiger partial charge in [0.05, 0.1) is 44.5 Å². The molecule has 0 unspecified atom stereocenters. The van der Waals surface area contributed by atoms with Gasteiger partial charge in [0, 0.05) is 294 Å². The Bertz CT molecular complexity index is 5150. The molecule has 6 N–H and O–H groups in total. The number of hydrogen-bond donors (Lipinski definition) is 0. The Morgan fingerprint density at radius 2 is 0.209 bits per heavy atom. The largest absolute Gasteiger partial charge is 0.628 e. The summed E-state index contributed by atoms with van der Waals surface area (Å²) in [7, 11) is 0. The smallest absolute Gasteiger partial charge is 0.0768 e. The third-order valence-corrected chi connectivity index (χ3v) is 21.9. The summed E-state index contributed by atoms with van der Waals surface area (Å²) in [5, 5.41) is 24.0. The van der Waals surface area contributed by atoms with Gasteiger partial charge in [0.25, 0.3) is 0 Å². The molecule has 13 nitrogen and oxygen atoms in total. The van der Waals surface area contributed by atoms with E-state index in [1.807, 2.05) is 109 Å². The van der Waals surface area contributed by atoms with Crippen molar-refractivity contribution < 1.29 is 78.9 Å². The van der Waals surface area contributed by atoms with Gasteiger partial charge in [-0.1, -0.05) is 109 Å². The molecule has 16 bridgehead atoms. The summed E-state index contributed by atoms with van der Waals surface area (Å²) in [6.45, 7) is 16.9. The molecule has 21 rings (SSSR count). The molecule has 0 atom stereocenters. The second kappa shape index (κ2) is 45.1.